The molecule has 0 saturated heterocycles. The van der Waals surface area contributed by atoms with Gasteiger partial charge in [-0.1, -0.05) is 36.4 Å². The summed E-state index contributed by atoms with van der Waals surface area (Å²) >= 11 is 0. The Labute approximate surface area is 202 Å². The van der Waals surface area contributed by atoms with E-state index in [1.165, 1.54) is 11.7 Å². The fourth-order valence-corrected chi connectivity index (χ4v) is 3.95. The lowest BCUT2D eigenvalue weighted by atomic mass is 10.0. The molecule has 2 heterocycles. The van der Waals surface area contributed by atoms with Gasteiger partial charge in [0.1, 0.15) is 11.6 Å². The van der Waals surface area contributed by atoms with Crippen LogP contribution in [0.3, 0.4) is 0 Å². The van der Waals surface area contributed by atoms with E-state index < -0.39 is 29.6 Å². The summed E-state index contributed by atoms with van der Waals surface area (Å²) in [6.07, 6.45) is 2.84. The number of fused-ring (bicyclic) bond motifs is 2. The first-order valence-corrected chi connectivity index (χ1v) is 11.2. The lowest BCUT2D eigenvalue weighted by molar-refractivity contribution is -0.142. The second kappa shape index (κ2) is 9.58. The van der Waals surface area contributed by atoms with Gasteiger partial charge >= 0.3 is 12.1 Å². The number of pyridine rings is 1. The monoisotopic (exact) mass is 473 g/mol. The number of benzene rings is 2. The van der Waals surface area contributed by atoms with Crippen LogP contribution in [-0.4, -0.2) is 46.3 Å². The minimum atomic E-state index is -0.982. The lowest BCUT2D eigenvalue weighted by Gasteiger charge is -2.19. The van der Waals surface area contributed by atoms with Gasteiger partial charge < -0.3 is 14.8 Å². The number of hydrogen-bond donors (Lipinski definition) is 1. The van der Waals surface area contributed by atoms with Crippen molar-refractivity contribution in [3.05, 3.63) is 78.1 Å². The molecule has 4 rings (SSSR count). The number of ether oxygens (including phenoxy) is 2. The molecular weight excluding hydrogens is 446 g/mol. The maximum Gasteiger partial charge on any atom is 0.419 e. The Balaban J connectivity index is 1.67. The summed E-state index contributed by atoms with van der Waals surface area (Å²) in [7, 11) is 1.27. The maximum atomic E-state index is 13.2. The van der Waals surface area contributed by atoms with E-state index in [2.05, 4.69) is 10.3 Å². The molecule has 0 bridgehead atoms. The first kappa shape index (κ1) is 23.9. The number of aromatic nitrogens is 2. The van der Waals surface area contributed by atoms with Crippen molar-refractivity contribution in [2.75, 3.05) is 7.11 Å². The molecule has 0 unspecified atom stereocenters. The van der Waals surface area contributed by atoms with Crippen LogP contribution in [0.25, 0.3) is 21.8 Å². The van der Waals surface area contributed by atoms with Crippen LogP contribution in [0.2, 0.25) is 0 Å². The summed E-state index contributed by atoms with van der Waals surface area (Å²) in [5.74, 6) is -1.04. The van der Waals surface area contributed by atoms with Crippen molar-refractivity contribution in [2.24, 2.45) is 0 Å². The summed E-state index contributed by atoms with van der Waals surface area (Å²) in [5, 5.41) is 4.37. The summed E-state index contributed by atoms with van der Waals surface area (Å²) in [5.41, 5.74) is 1.56. The smallest absolute Gasteiger partial charge is 0.419 e. The molecule has 0 spiro atoms. The highest BCUT2D eigenvalue weighted by Gasteiger charge is 2.27. The Kier molecular flexibility index (Phi) is 6.55. The van der Waals surface area contributed by atoms with Crippen molar-refractivity contribution in [3.63, 3.8) is 0 Å². The number of para-hydroxylation sites is 2. The summed E-state index contributed by atoms with van der Waals surface area (Å²) in [6.45, 7) is 5.38. The number of hydrogen-bond acceptors (Lipinski definition) is 6. The van der Waals surface area contributed by atoms with Crippen molar-refractivity contribution in [1.29, 1.82) is 0 Å². The van der Waals surface area contributed by atoms with Gasteiger partial charge in [-0.05, 0) is 44.5 Å². The van der Waals surface area contributed by atoms with Crippen LogP contribution in [0.4, 0.5) is 4.79 Å². The van der Waals surface area contributed by atoms with E-state index in [1.807, 2.05) is 30.3 Å². The van der Waals surface area contributed by atoms with Gasteiger partial charge in [0.2, 0.25) is 0 Å². The van der Waals surface area contributed by atoms with Gasteiger partial charge in [0.25, 0.3) is 5.91 Å². The molecule has 1 atom stereocenters. The molecule has 2 aromatic carbocycles. The lowest BCUT2D eigenvalue weighted by Crippen LogP contribution is -2.43. The first-order valence-electron chi connectivity index (χ1n) is 11.2. The zero-order valence-corrected chi connectivity index (χ0v) is 20.1. The third kappa shape index (κ3) is 5.16. The Morgan fingerprint density at radius 3 is 2.51 bits per heavy atom. The number of esters is 1. The highest BCUT2D eigenvalue weighted by atomic mass is 16.6. The normalized spacial score (nSPS) is 12.3. The molecule has 0 aliphatic heterocycles. The average Bonchev–Trinajstić information content (AvgIpc) is 3.20. The number of carbonyl (C=O) groups is 3. The van der Waals surface area contributed by atoms with E-state index in [1.54, 1.807) is 57.4 Å². The third-order valence-corrected chi connectivity index (χ3v) is 5.48. The molecule has 35 heavy (non-hydrogen) atoms. The molecule has 0 aliphatic rings. The van der Waals surface area contributed by atoms with Gasteiger partial charge in [0.05, 0.1) is 23.7 Å². The molecule has 8 heteroatoms. The highest BCUT2D eigenvalue weighted by molar-refractivity contribution is 6.06. The fourth-order valence-electron chi connectivity index (χ4n) is 3.95. The first-order chi connectivity index (χ1) is 16.7. The minimum Gasteiger partial charge on any atom is -0.467 e. The summed E-state index contributed by atoms with van der Waals surface area (Å²) < 4.78 is 11.9. The van der Waals surface area contributed by atoms with Crippen LogP contribution < -0.4 is 5.32 Å². The molecule has 4 aromatic rings. The van der Waals surface area contributed by atoms with E-state index in [4.69, 9.17) is 9.47 Å². The van der Waals surface area contributed by atoms with Crippen LogP contribution >= 0.6 is 0 Å². The van der Waals surface area contributed by atoms with Crippen molar-refractivity contribution in [3.8, 4) is 0 Å². The Bertz CT molecular complexity index is 1410. The zero-order valence-electron chi connectivity index (χ0n) is 20.1. The Morgan fingerprint density at radius 2 is 1.77 bits per heavy atom. The molecule has 0 aliphatic carbocycles. The average molecular weight is 474 g/mol. The van der Waals surface area contributed by atoms with Gasteiger partial charge in [0.15, 0.2) is 0 Å². The van der Waals surface area contributed by atoms with Gasteiger partial charge in [-0.25, -0.2) is 9.59 Å². The number of nitrogens with one attached hydrogen (secondary N) is 1. The van der Waals surface area contributed by atoms with Gasteiger partial charge in [-0.3, -0.25) is 14.3 Å². The van der Waals surface area contributed by atoms with Crippen LogP contribution in [0.5, 0.6) is 0 Å². The van der Waals surface area contributed by atoms with E-state index in [-0.39, 0.29) is 6.42 Å². The summed E-state index contributed by atoms with van der Waals surface area (Å²) in [4.78, 5) is 43.0. The second-order valence-electron chi connectivity index (χ2n) is 9.16. The van der Waals surface area contributed by atoms with E-state index in [0.717, 1.165) is 10.8 Å². The number of amides is 1. The molecule has 0 radical (unpaired) electrons. The van der Waals surface area contributed by atoms with Gasteiger partial charge in [-0.15, -0.1) is 0 Å². The summed E-state index contributed by atoms with van der Waals surface area (Å²) in [6, 6.07) is 15.3. The molecule has 0 fully saturated rings. The number of carbonyl (C=O) groups excluding carboxylic acids is 3. The fraction of sp³-hybridized carbons (Fsp3) is 0.259. The van der Waals surface area contributed by atoms with Crippen molar-refractivity contribution < 1.29 is 23.9 Å². The molecule has 2 aromatic heterocycles. The Hall–Kier alpha value is -4.20. The predicted molar refractivity (Wildman–Crippen MR) is 132 cm³/mol. The van der Waals surface area contributed by atoms with Crippen molar-refractivity contribution >= 4 is 39.8 Å². The predicted octanol–water partition coefficient (Wildman–Crippen LogP) is 4.49. The molecule has 1 amide bonds. The molecule has 1 N–H and O–H groups in total. The standard InChI is InChI=1S/C27H27N3O5/c1-27(2,3)35-26(33)30-16-18(19-11-5-6-13-22(19)30)15-21(25(32)34-4)29-24(31)20-12-7-9-17-10-8-14-28-23(17)20/h5-14,16,21H,15H2,1-4H3,(H,29,31)/t21-/m1/s1. The topological polar surface area (TPSA) is 99.5 Å². The SMILES string of the molecule is COC(=O)[C@@H](Cc1cn(C(=O)OC(C)(C)C)c2ccccc12)NC(=O)c1cccc2cccnc12. The molecular formula is C27H27N3O5. The molecule has 180 valence electrons. The van der Waals surface area contributed by atoms with Crippen molar-refractivity contribution in [2.45, 2.75) is 38.8 Å². The number of rotatable bonds is 5. The van der Waals surface area contributed by atoms with Crippen LogP contribution in [0.1, 0.15) is 36.7 Å². The number of nitrogens with zero attached hydrogens (tertiary/aromatic N) is 2. The largest absolute Gasteiger partial charge is 0.467 e. The van der Waals surface area contributed by atoms with Crippen LogP contribution in [0.15, 0.2) is 67.0 Å². The Morgan fingerprint density at radius 1 is 1.03 bits per heavy atom. The van der Waals surface area contributed by atoms with Crippen LogP contribution in [-0.2, 0) is 20.7 Å². The van der Waals surface area contributed by atoms with E-state index in [0.29, 0.717) is 22.2 Å². The van der Waals surface area contributed by atoms with Crippen molar-refractivity contribution in [1.82, 2.24) is 14.9 Å². The van der Waals surface area contributed by atoms with E-state index >= 15 is 0 Å². The minimum absolute atomic E-state index is 0.118. The van der Waals surface area contributed by atoms with E-state index in [9.17, 15) is 14.4 Å². The van der Waals surface area contributed by atoms with Crippen LogP contribution in [0, 0.1) is 0 Å². The quantitative estimate of drug-likeness (QED) is 0.429. The number of methoxy groups -OCH3 is 1. The zero-order chi connectivity index (χ0) is 25.2. The van der Waals surface area contributed by atoms with Gasteiger partial charge in [-0.2, -0.15) is 0 Å². The molecule has 8 nitrogen and oxygen atoms in total. The van der Waals surface area contributed by atoms with Gasteiger partial charge in [0, 0.05) is 29.6 Å². The molecule has 0 saturated carbocycles. The highest BCUT2D eigenvalue weighted by Crippen LogP contribution is 2.25. The second-order valence-corrected chi connectivity index (χ2v) is 9.16. The third-order valence-electron chi connectivity index (χ3n) is 5.48. The maximum absolute atomic E-state index is 13.2.